The largest absolute Gasteiger partial charge is 0.314 e. The summed E-state index contributed by atoms with van der Waals surface area (Å²) in [6.45, 7) is 3.58. The van der Waals surface area contributed by atoms with Gasteiger partial charge in [-0.15, -0.1) is 0 Å². The standard InChI is InChI=1S/C14H28N2S/c1-11(10-17-2)16-14-8-5-6-12(14)13-7-3-4-9-15-13/h11-16H,3-10H2,1-2H3. The molecule has 2 nitrogen and oxygen atoms in total. The molecule has 1 saturated carbocycles. The van der Waals surface area contributed by atoms with Crippen molar-refractivity contribution in [1.29, 1.82) is 0 Å². The third-order valence-electron chi connectivity index (χ3n) is 4.35. The van der Waals surface area contributed by atoms with E-state index in [9.17, 15) is 0 Å². The zero-order chi connectivity index (χ0) is 12.1. The van der Waals surface area contributed by atoms with Crippen molar-refractivity contribution in [3.63, 3.8) is 0 Å². The first-order chi connectivity index (χ1) is 8.31. The predicted molar refractivity (Wildman–Crippen MR) is 77.8 cm³/mol. The molecular weight excluding hydrogens is 228 g/mol. The molecule has 1 aliphatic carbocycles. The van der Waals surface area contributed by atoms with E-state index < -0.39 is 0 Å². The first kappa shape index (κ1) is 13.7. The Balaban J connectivity index is 1.83. The second-order valence-electron chi connectivity index (χ2n) is 5.78. The van der Waals surface area contributed by atoms with Gasteiger partial charge in [-0.05, 0) is 51.3 Å². The number of hydrogen-bond donors (Lipinski definition) is 2. The molecule has 1 aliphatic heterocycles. The van der Waals surface area contributed by atoms with Gasteiger partial charge in [-0.1, -0.05) is 12.8 Å². The van der Waals surface area contributed by atoms with Gasteiger partial charge in [0.2, 0.25) is 0 Å². The van der Waals surface area contributed by atoms with E-state index in [0.29, 0.717) is 6.04 Å². The third-order valence-corrected chi connectivity index (χ3v) is 5.18. The van der Waals surface area contributed by atoms with Crippen LogP contribution in [0.25, 0.3) is 0 Å². The van der Waals surface area contributed by atoms with Gasteiger partial charge in [0.05, 0.1) is 0 Å². The Morgan fingerprint density at radius 3 is 2.82 bits per heavy atom. The Bertz CT molecular complexity index is 216. The highest BCUT2D eigenvalue weighted by Crippen LogP contribution is 2.32. The van der Waals surface area contributed by atoms with Crippen LogP contribution in [0.15, 0.2) is 0 Å². The highest BCUT2D eigenvalue weighted by Gasteiger charge is 2.34. The van der Waals surface area contributed by atoms with Gasteiger partial charge >= 0.3 is 0 Å². The van der Waals surface area contributed by atoms with Crippen LogP contribution in [-0.4, -0.2) is 36.7 Å². The van der Waals surface area contributed by atoms with Gasteiger partial charge in [-0.2, -0.15) is 11.8 Å². The summed E-state index contributed by atoms with van der Waals surface area (Å²) in [5.74, 6) is 2.13. The molecule has 4 atom stereocenters. The Kier molecular flexibility index (Phi) is 5.64. The van der Waals surface area contributed by atoms with E-state index >= 15 is 0 Å². The molecule has 3 heteroatoms. The zero-order valence-corrected chi connectivity index (χ0v) is 12.2. The molecule has 0 spiro atoms. The summed E-state index contributed by atoms with van der Waals surface area (Å²) in [6.07, 6.45) is 10.7. The lowest BCUT2D eigenvalue weighted by atomic mass is 9.88. The molecule has 0 aromatic carbocycles. The molecular formula is C14H28N2S. The van der Waals surface area contributed by atoms with Crippen molar-refractivity contribution in [2.24, 2.45) is 5.92 Å². The molecule has 0 aromatic heterocycles. The van der Waals surface area contributed by atoms with E-state index in [1.54, 1.807) is 0 Å². The van der Waals surface area contributed by atoms with E-state index in [0.717, 1.165) is 18.0 Å². The van der Waals surface area contributed by atoms with Crippen molar-refractivity contribution in [2.45, 2.75) is 63.6 Å². The van der Waals surface area contributed by atoms with Crippen molar-refractivity contribution in [3.05, 3.63) is 0 Å². The Morgan fingerprint density at radius 2 is 2.12 bits per heavy atom. The third kappa shape index (κ3) is 3.87. The topological polar surface area (TPSA) is 24.1 Å². The summed E-state index contributed by atoms with van der Waals surface area (Å²) in [7, 11) is 0. The Morgan fingerprint density at radius 1 is 1.24 bits per heavy atom. The molecule has 17 heavy (non-hydrogen) atoms. The number of thioether (sulfide) groups is 1. The van der Waals surface area contributed by atoms with Crippen molar-refractivity contribution in [2.75, 3.05) is 18.6 Å². The van der Waals surface area contributed by atoms with Crippen LogP contribution >= 0.6 is 11.8 Å². The second kappa shape index (κ2) is 7.01. The minimum Gasteiger partial charge on any atom is -0.314 e. The van der Waals surface area contributed by atoms with Gasteiger partial charge in [-0.3, -0.25) is 0 Å². The molecule has 4 unspecified atom stereocenters. The maximum atomic E-state index is 3.87. The first-order valence-electron chi connectivity index (χ1n) is 7.29. The highest BCUT2D eigenvalue weighted by atomic mass is 32.2. The van der Waals surface area contributed by atoms with Crippen molar-refractivity contribution >= 4 is 11.8 Å². The van der Waals surface area contributed by atoms with Crippen molar-refractivity contribution in [1.82, 2.24) is 10.6 Å². The normalized spacial score (nSPS) is 36.0. The predicted octanol–water partition coefficient (Wildman–Crippen LogP) is 2.64. The van der Waals surface area contributed by atoms with Gasteiger partial charge in [0, 0.05) is 23.9 Å². The average Bonchev–Trinajstić information content (AvgIpc) is 2.78. The Labute approximate surface area is 111 Å². The van der Waals surface area contributed by atoms with Crippen molar-refractivity contribution in [3.8, 4) is 0 Å². The van der Waals surface area contributed by atoms with Gasteiger partial charge in [0.1, 0.15) is 0 Å². The minimum atomic E-state index is 0.666. The highest BCUT2D eigenvalue weighted by molar-refractivity contribution is 7.98. The number of rotatable bonds is 5. The minimum absolute atomic E-state index is 0.666. The lowest BCUT2D eigenvalue weighted by Crippen LogP contribution is -2.49. The summed E-state index contributed by atoms with van der Waals surface area (Å²) in [5.41, 5.74) is 0. The molecule has 2 aliphatic rings. The molecule has 0 amide bonds. The van der Waals surface area contributed by atoms with Crippen LogP contribution in [0.5, 0.6) is 0 Å². The van der Waals surface area contributed by atoms with Gasteiger partial charge in [-0.25, -0.2) is 0 Å². The maximum absolute atomic E-state index is 3.87. The SMILES string of the molecule is CSCC(C)NC1CCCC1C1CCCCN1. The summed E-state index contributed by atoms with van der Waals surface area (Å²) in [5, 5.41) is 7.62. The van der Waals surface area contributed by atoms with E-state index in [1.165, 1.54) is 50.8 Å². The molecule has 1 saturated heterocycles. The van der Waals surface area contributed by atoms with E-state index in [1.807, 2.05) is 11.8 Å². The van der Waals surface area contributed by atoms with Gasteiger partial charge in [0.15, 0.2) is 0 Å². The van der Waals surface area contributed by atoms with Gasteiger partial charge < -0.3 is 10.6 Å². The second-order valence-corrected chi connectivity index (χ2v) is 6.69. The van der Waals surface area contributed by atoms with Crippen molar-refractivity contribution < 1.29 is 0 Å². The molecule has 1 heterocycles. The van der Waals surface area contributed by atoms with Crippen LogP contribution in [0, 0.1) is 5.92 Å². The molecule has 2 N–H and O–H groups in total. The monoisotopic (exact) mass is 256 g/mol. The smallest absolute Gasteiger partial charge is 0.0132 e. The van der Waals surface area contributed by atoms with Crippen LogP contribution in [0.3, 0.4) is 0 Å². The quantitative estimate of drug-likeness (QED) is 0.791. The van der Waals surface area contributed by atoms with Crippen LogP contribution in [0.2, 0.25) is 0 Å². The van der Waals surface area contributed by atoms with E-state index in [2.05, 4.69) is 23.8 Å². The number of nitrogens with one attached hydrogen (secondary N) is 2. The summed E-state index contributed by atoms with van der Waals surface area (Å²) < 4.78 is 0. The molecule has 2 fully saturated rings. The van der Waals surface area contributed by atoms with Crippen LogP contribution in [0.4, 0.5) is 0 Å². The fourth-order valence-corrected chi connectivity index (χ4v) is 4.18. The average molecular weight is 256 g/mol. The van der Waals surface area contributed by atoms with E-state index in [-0.39, 0.29) is 0 Å². The van der Waals surface area contributed by atoms with Crippen LogP contribution < -0.4 is 10.6 Å². The zero-order valence-electron chi connectivity index (χ0n) is 11.4. The fraction of sp³-hybridized carbons (Fsp3) is 1.00. The van der Waals surface area contributed by atoms with Crippen LogP contribution in [-0.2, 0) is 0 Å². The molecule has 2 rings (SSSR count). The first-order valence-corrected chi connectivity index (χ1v) is 8.69. The lowest BCUT2D eigenvalue weighted by Gasteiger charge is -2.34. The summed E-state index contributed by atoms with van der Waals surface area (Å²) in [4.78, 5) is 0. The van der Waals surface area contributed by atoms with Gasteiger partial charge in [0.25, 0.3) is 0 Å². The number of hydrogen-bond acceptors (Lipinski definition) is 3. The molecule has 100 valence electrons. The summed E-state index contributed by atoms with van der Waals surface area (Å²) in [6, 6.07) is 2.23. The maximum Gasteiger partial charge on any atom is 0.0132 e. The fourth-order valence-electron chi connectivity index (χ4n) is 3.59. The molecule has 0 bridgehead atoms. The number of piperidine rings is 1. The molecule has 0 aromatic rings. The summed E-state index contributed by atoms with van der Waals surface area (Å²) >= 11 is 1.95. The Hall–Kier alpha value is 0.270. The lowest BCUT2D eigenvalue weighted by molar-refractivity contribution is 0.251. The van der Waals surface area contributed by atoms with E-state index in [4.69, 9.17) is 0 Å². The van der Waals surface area contributed by atoms with Crippen LogP contribution in [0.1, 0.15) is 45.4 Å². The molecule has 0 radical (unpaired) electrons.